The maximum atomic E-state index is 13.1. The summed E-state index contributed by atoms with van der Waals surface area (Å²) in [6.45, 7) is 0. The largest absolute Gasteiger partial charge is 0.534 e. The van der Waals surface area contributed by atoms with E-state index in [9.17, 15) is 43.2 Å². The second-order valence-electron chi connectivity index (χ2n) is 8.13. The third-order valence-corrected chi connectivity index (χ3v) is 7.64. The number of rotatable bonds is 5. The topological polar surface area (TPSA) is 91.7 Å². The number of hydrogen-bond donors (Lipinski definition) is 0. The van der Waals surface area contributed by atoms with E-state index in [1.807, 2.05) is 0 Å². The number of nitrogens with zero attached hydrogens (tertiary/aromatic N) is 1. The molecule has 0 aliphatic rings. The van der Waals surface area contributed by atoms with Gasteiger partial charge in [0.15, 0.2) is 5.75 Å². The van der Waals surface area contributed by atoms with Crippen molar-refractivity contribution in [2.75, 3.05) is 0 Å². The van der Waals surface area contributed by atoms with Crippen LogP contribution in [0.4, 0.5) is 26.3 Å². The molecule has 0 saturated heterocycles. The standard InChI is InChI=1S/C24H13F6NO6S2/c25-23(26,27)38(32,33)36-15-10-11-18-19(12-15)31(14-6-2-1-3-7-14)20-13-21(37-39(34,35)24(28,29)30)16-8-4-5-9-17(16)22(18)20/h1-13H. The van der Waals surface area contributed by atoms with Crippen LogP contribution in [0.25, 0.3) is 38.3 Å². The van der Waals surface area contributed by atoms with E-state index in [0.29, 0.717) is 16.5 Å². The van der Waals surface area contributed by atoms with E-state index in [1.165, 1.54) is 28.8 Å². The van der Waals surface area contributed by atoms with Crippen LogP contribution in [0.3, 0.4) is 0 Å². The Balaban J connectivity index is 1.88. The minimum atomic E-state index is -6.06. The van der Waals surface area contributed by atoms with Crippen molar-refractivity contribution in [2.45, 2.75) is 11.0 Å². The Bertz CT molecular complexity index is 1970. The fourth-order valence-electron chi connectivity index (χ4n) is 4.14. The molecule has 7 nitrogen and oxygen atoms in total. The Morgan fingerprint density at radius 2 is 1.15 bits per heavy atom. The molecular weight excluding hydrogens is 576 g/mol. The van der Waals surface area contributed by atoms with Gasteiger partial charge in [-0.25, -0.2) is 0 Å². The molecule has 0 N–H and O–H groups in total. The van der Waals surface area contributed by atoms with E-state index in [4.69, 9.17) is 0 Å². The third-order valence-electron chi connectivity index (χ3n) is 5.69. The van der Waals surface area contributed by atoms with Gasteiger partial charge in [0.1, 0.15) is 5.75 Å². The van der Waals surface area contributed by atoms with Crippen LogP contribution in [-0.2, 0) is 20.2 Å². The average Bonchev–Trinajstić information content (AvgIpc) is 3.16. The smallest absolute Gasteiger partial charge is 0.376 e. The summed E-state index contributed by atoms with van der Waals surface area (Å²) in [6, 6.07) is 18.2. The first-order valence-corrected chi connectivity index (χ1v) is 13.5. The zero-order chi connectivity index (χ0) is 28.4. The van der Waals surface area contributed by atoms with Gasteiger partial charge in [0.05, 0.1) is 11.0 Å². The number of benzene rings is 4. The van der Waals surface area contributed by atoms with Crippen molar-refractivity contribution in [2.24, 2.45) is 0 Å². The van der Waals surface area contributed by atoms with E-state index >= 15 is 0 Å². The van der Waals surface area contributed by atoms with Crippen molar-refractivity contribution in [3.8, 4) is 17.2 Å². The SMILES string of the molecule is O=S(=O)(Oc1ccc2c3c4ccccc4c(OS(=O)(=O)C(F)(F)F)cc3n(-c3ccccc3)c2c1)C(F)(F)F. The second kappa shape index (κ2) is 8.77. The van der Waals surface area contributed by atoms with E-state index in [1.54, 1.807) is 36.4 Å². The molecular formula is C24H13F6NO6S2. The molecule has 0 aliphatic heterocycles. The van der Waals surface area contributed by atoms with Gasteiger partial charge in [-0.1, -0.05) is 42.5 Å². The molecule has 0 aliphatic carbocycles. The number of hydrogen-bond acceptors (Lipinski definition) is 6. The summed E-state index contributed by atoms with van der Waals surface area (Å²) in [5.41, 5.74) is -10.8. The van der Waals surface area contributed by atoms with Gasteiger partial charge in [0, 0.05) is 34.0 Å². The van der Waals surface area contributed by atoms with E-state index in [0.717, 1.165) is 18.2 Å². The van der Waals surface area contributed by atoms with Crippen molar-refractivity contribution in [3.05, 3.63) is 78.9 Å². The van der Waals surface area contributed by atoms with Crippen molar-refractivity contribution >= 4 is 52.8 Å². The summed E-state index contributed by atoms with van der Waals surface area (Å²) >= 11 is 0. The van der Waals surface area contributed by atoms with E-state index in [2.05, 4.69) is 8.37 Å². The maximum absolute atomic E-state index is 13.1. The van der Waals surface area contributed by atoms with Crippen molar-refractivity contribution < 1.29 is 51.5 Å². The zero-order valence-corrected chi connectivity index (χ0v) is 20.6. The predicted molar refractivity (Wildman–Crippen MR) is 129 cm³/mol. The summed E-state index contributed by atoms with van der Waals surface area (Å²) in [4.78, 5) is 0. The highest BCUT2D eigenvalue weighted by Gasteiger charge is 2.49. The number of fused-ring (bicyclic) bond motifs is 5. The molecule has 4 aromatic carbocycles. The highest BCUT2D eigenvalue weighted by molar-refractivity contribution is 7.88. The lowest BCUT2D eigenvalue weighted by atomic mass is 10.0. The van der Waals surface area contributed by atoms with Crippen LogP contribution in [0.5, 0.6) is 11.5 Å². The molecule has 1 heterocycles. The quantitative estimate of drug-likeness (QED) is 0.134. The average molecular weight is 589 g/mol. The maximum Gasteiger partial charge on any atom is 0.534 e. The van der Waals surface area contributed by atoms with E-state index in [-0.39, 0.29) is 21.8 Å². The van der Waals surface area contributed by atoms with Crippen LogP contribution < -0.4 is 8.37 Å². The molecule has 0 saturated carbocycles. The van der Waals surface area contributed by atoms with Crippen LogP contribution in [-0.4, -0.2) is 32.4 Å². The Morgan fingerprint density at radius 1 is 0.590 bits per heavy atom. The number of halogens is 6. The molecule has 1 aromatic heterocycles. The van der Waals surface area contributed by atoms with Crippen molar-refractivity contribution in [1.82, 2.24) is 4.57 Å². The Morgan fingerprint density at radius 3 is 1.77 bits per heavy atom. The molecule has 0 amide bonds. The van der Waals surface area contributed by atoms with Gasteiger partial charge >= 0.3 is 31.3 Å². The molecule has 39 heavy (non-hydrogen) atoms. The number of para-hydroxylation sites is 1. The Hall–Kier alpha value is -3.98. The van der Waals surface area contributed by atoms with Crippen LogP contribution in [0, 0.1) is 0 Å². The normalized spacial score (nSPS) is 13.3. The molecule has 0 fully saturated rings. The monoisotopic (exact) mass is 589 g/mol. The first-order valence-electron chi connectivity index (χ1n) is 10.7. The molecule has 204 valence electrons. The summed E-state index contributed by atoms with van der Waals surface area (Å²) < 4.78 is 135. The highest BCUT2D eigenvalue weighted by atomic mass is 32.2. The molecule has 0 radical (unpaired) electrons. The number of aromatic nitrogens is 1. The summed E-state index contributed by atoms with van der Waals surface area (Å²) in [5.74, 6) is -1.33. The fraction of sp³-hybridized carbons (Fsp3) is 0.0833. The van der Waals surface area contributed by atoms with Crippen molar-refractivity contribution in [1.29, 1.82) is 0 Å². The second-order valence-corrected chi connectivity index (χ2v) is 11.2. The van der Waals surface area contributed by atoms with Gasteiger partial charge in [0.25, 0.3) is 0 Å². The first-order chi connectivity index (χ1) is 18.1. The van der Waals surface area contributed by atoms with Crippen LogP contribution in [0.1, 0.15) is 0 Å². The predicted octanol–water partition coefficient (Wildman–Crippen LogP) is 6.39. The van der Waals surface area contributed by atoms with Gasteiger partial charge in [-0.05, 0) is 29.7 Å². The fourth-order valence-corrected chi connectivity index (χ4v) is 5.06. The number of alkyl halides is 6. The minimum absolute atomic E-state index is 0.00455. The molecule has 0 bridgehead atoms. The molecule has 15 heteroatoms. The summed E-state index contributed by atoms with van der Waals surface area (Å²) in [5, 5.41) is 1.00. The van der Waals surface area contributed by atoms with Gasteiger partial charge in [0.2, 0.25) is 0 Å². The first kappa shape index (κ1) is 26.6. The van der Waals surface area contributed by atoms with Crippen molar-refractivity contribution in [3.63, 3.8) is 0 Å². The molecule has 0 unspecified atom stereocenters. The molecule has 0 atom stereocenters. The molecule has 0 spiro atoms. The summed E-state index contributed by atoms with van der Waals surface area (Å²) in [6.07, 6.45) is 0. The Labute approximate surface area is 216 Å². The summed E-state index contributed by atoms with van der Waals surface area (Å²) in [7, 11) is -12.1. The van der Waals surface area contributed by atoms with Crippen LogP contribution in [0.2, 0.25) is 0 Å². The lowest BCUT2D eigenvalue weighted by Crippen LogP contribution is -2.28. The van der Waals surface area contributed by atoms with Crippen LogP contribution >= 0.6 is 0 Å². The van der Waals surface area contributed by atoms with E-state index < -0.39 is 42.8 Å². The highest BCUT2D eigenvalue weighted by Crippen LogP contribution is 2.43. The van der Waals surface area contributed by atoms with Gasteiger partial charge in [-0.15, -0.1) is 0 Å². The lowest BCUT2D eigenvalue weighted by molar-refractivity contribution is -0.0504. The molecule has 5 aromatic rings. The lowest BCUT2D eigenvalue weighted by Gasteiger charge is -2.14. The zero-order valence-electron chi connectivity index (χ0n) is 19.0. The van der Waals surface area contributed by atoms with Crippen LogP contribution in [0.15, 0.2) is 78.9 Å². The van der Waals surface area contributed by atoms with Gasteiger partial charge in [-0.3, -0.25) is 0 Å². The molecule has 5 rings (SSSR count). The van der Waals surface area contributed by atoms with Gasteiger partial charge in [-0.2, -0.15) is 43.2 Å². The van der Waals surface area contributed by atoms with Gasteiger partial charge < -0.3 is 12.9 Å². The minimum Gasteiger partial charge on any atom is -0.376 e. The Kier molecular flexibility index (Phi) is 5.99. The third kappa shape index (κ3) is 4.50.